The van der Waals surface area contributed by atoms with Crippen LogP contribution in [0, 0.1) is 6.92 Å². The predicted molar refractivity (Wildman–Crippen MR) is 91.7 cm³/mol. The van der Waals surface area contributed by atoms with Crippen LogP contribution in [0.2, 0.25) is 0 Å². The summed E-state index contributed by atoms with van der Waals surface area (Å²) in [6.45, 7) is 0.771. The van der Waals surface area contributed by atoms with Gasteiger partial charge in [-0.3, -0.25) is 0 Å². The zero-order chi connectivity index (χ0) is 19.3. The summed E-state index contributed by atoms with van der Waals surface area (Å²) in [5.74, 6) is 1.45. The van der Waals surface area contributed by atoms with E-state index < -0.39 is 12.8 Å². The Bertz CT molecular complexity index is 896. The van der Waals surface area contributed by atoms with Crippen molar-refractivity contribution in [2.45, 2.75) is 26.3 Å². The fourth-order valence-electron chi connectivity index (χ4n) is 2.43. The first kappa shape index (κ1) is 18.8. The van der Waals surface area contributed by atoms with Crippen LogP contribution in [0.1, 0.15) is 17.0 Å². The third-order valence-corrected chi connectivity index (χ3v) is 3.55. The smallest absolute Gasteiger partial charge is 0.367 e. The van der Waals surface area contributed by atoms with Crippen LogP contribution in [0.5, 0.6) is 0 Å². The second kappa shape index (κ2) is 8.17. The number of halogens is 3. The normalized spacial score (nSPS) is 11.6. The van der Waals surface area contributed by atoms with E-state index in [1.54, 1.807) is 37.4 Å². The van der Waals surface area contributed by atoms with E-state index in [1.165, 1.54) is 0 Å². The number of hydrogen-bond acceptors (Lipinski definition) is 6. The Morgan fingerprint density at radius 1 is 1.15 bits per heavy atom. The molecule has 3 aromatic rings. The molecule has 0 radical (unpaired) electrons. The van der Waals surface area contributed by atoms with Gasteiger partial charge in [0.25, 0.3) is 5.89 Å². The summed E-state index contributed by atoms with van der Waals surface area (Å²) >= 11 is 0. The highest BCUT2D eigenvalue weighted by Gasteiger charge is 2.27. The Morgan fingerprint density at radius 2 is 1.96 bits per heavy atom. The summed E-state index contributed by atoms with van der Waals surface area (Å²) < 4.78 is 46.4. The standard InChI is InChI=1S/C18H17F3N4O2/c1-12-24-17(27-25-12)15-6-3-7-22-16(15)23-9-13-4-2-5-14(8-13)10-26-11-18(19,20)21/h2-8H,9-11H2,1H3,(H,22,23). The number of alkyl halides is 3. The summed E-state index contributed by atoms with van der Waals surface area (Å²) in [6.07, 6.45) is -2.70. The van der Waals surface area contributed by atoms with E-state index in [1.807, 2.05) is 12.1 Å². The summed E-state index contributed by atoms with van der Waals surface area (Å²) in [5.41, 5.74) is 2.21. The molecule has 1 N–H and O–H groups in total. The Hall–Kier alpha value is -2.94. The highest BCUT2D eigenvalue weighted by molar-refractivity contribution is 5.68. The van der Waals surface area contributed by atoms with Crippen molar-refractivity contribution in [3.8, 4) is 11.5 Å². The quantitative estimate of drug-likeness (QED) is 0.666. The van der Waals surface area contributed by atoms with Gasteiger partial charge in [0, 0.05) is 12.7 Å². The largest absolute Gasteiger partial charge is 0.411 e. The molecular weight excluding hydrogens is 361 g/mol. The zero-order valence-corrected chi connectivity index (χ0v) is 14.5. The minimum absolute atomic E-state index is 0.108. The van der Waals surface area contributed by atoms with E-state index >= 15 is 0 Å². The predicted octanol–water partition coefficient (Wildman–Crippen LogP) is 4.13. The van der Waals surface area contributed by atoms with Gasteiger partial charge in [0.05, 0.1) is 12.2 Å². The van der Waals surface area contributed by atoms with Gasteiger partial charge in [0.2, 0.25) is 0 Å². The van der Waals surface area contributed by atoms with Crippen molar-refractivity contribution in [1.82, 2.24) is 15.1 Å². The SMILES string of the molecule is Cc1noc(-c2cccnc2NCc2cccc(COCC(F)(F)F)c2)n1. The van der Waals surface area contributed by atoms with Gasteiger partial charge in [-0.05, 0) is 30.2 Å². The van der Waals surface area contributed by atoms with Gasteiger partial charge in [-0.15, -0.1) is 0 Å². The van der Waals surface area contributed by atoms with E-state index in [4.69, 9.17) is 9.26 Å². The molecule has 0 aliphatic heterocycles. The van der Waals surface area contributed by atoms with Gasteiger partial charge >= 0.3 is 6.18 Å². The van der Waals surface area contributed by atoms with Gasteiger partial charge in [-0.1, -0.05) is 29.4 Å². The first-order valence-electron chi connectivity index (χ1n) is 8.12. The van der Waals surface area contributed by atoms with Crippen LogP contribution in [0.3, 0.4) is 0 Å². The van der Waals surface area contributed by atoms with Crippen molar-refractivity contribution in [2.24, 2.45) is 0 Å². The first-order chi connectivity index (χ1) is 12.9. The molecular formula is C18H17F3N4O2. The van der Waals surface area contributed by atoms with Gasteiger partial charge in [-0.25, -0.2) is 4.98 Å². The summed E-state index contributed by atoms with van der Waals surface area (Å²) in [5, 5.41) is 6.96. The Labute approximate surface area is 153 Å². The lowest BCUT2D eigenvalue weighted by molar-refractivity contribution is -0.176. The molecule has 0 aliphatic carbocycles. The highest BCUT2D eigenvalue weighted by atomic mass is 19.4. The van der Waals surface area contributed by atoms with Crippen molar-refractivity contribution in [3.63, 3.8) is 0 Å². The molecule has 0 saturated heterocycles. The van der Waals surface area contributed by atoms with E-state index in [2.05, 4.69) is 20.4 Å². The molecule has 142 valence electrons. The van der Waals surface area contributed by atoms with E-state index in [0.29, 0.717) is 35.2 Å². The second-order valence-corrected chi connectivity index (χ2v) is 5.83. The zero-order valence-electron chi connectivity index (χ0n) is 14.5. The van der Waals surface area contributed by atoms with Gasteiger partial charge in [-0.2, -0.15) is 18.2 Å². The van der Waals surface area contributed by atoms with Crippen molar-refractivity contribution in [3.05, 3.63) is 59.5 Å². The summed E-state index contributed by atoms with van der Waals surface area (Å²) in [7, 11) is 0. The monoisotopic (exact) mass is 378 g/mol. The van der Waals surface area contributed by atoms with Gasteiger partial charge in [0.1, 0.15) is 12.4 Å². The number of aryl methyl sites for hydroxylation is 1. The lowest BCUT2D eigenvalue weighted by Crippen LogP contribution is -2.16. The number of ether oxygens (including phenoxy) is 1. The molecule has 9 heteroatoms. The van der Waals surface area contributed by atoms with Crippen LogP contribution in [0.15, 0.2) is 47.1 Å². The second-order valence-electron chi connectivity index (χ2n) is 5.83. The lowest BCUT2D eigenvalue weighted by Gasteiger charge is -2.11. The molecule has 27 heavy (non-hydrogen) atoms. The van der Waals surface area contributed by atoms with E-state index in [-0.39, 0.29) is 6.61 Å². The van der Waals surface area contributed by atoms with Crippen LogP contribution in [0.25, 0.3) is 11.5 Å². The van der Waals surface area contributed by atoms with Crippen LogP contribution >= 0.6 is 0 Å². The number of benzene rings is 1. The molecule has 0 aliphatic rings. The molecule has 0 amide bonds. The molecule has 1 aromatic carbocycles. The fourth-order valence-corrected chi connectivity index (χ4v) is 2.43. The average Bonchev–Trinajstić information content (AvgIpc) is 3.06. The molecule has 2 aromatic heterocycles. The lowest BCUT2D eigenvalue weighted by atomic mass is 10.1. The summed E-state index contributed by atoms with van der Waals surface area (Å²) in [4.78, 5) is 8.49. The maximum absolute atomic E-state index is 12.2. The Kier molecular flexibility index (Phi) is 5.70. The Balaban J connectivity index is 1.65. The van der Waals surface area contributed by atoms with Crippen LogP contribution in [-0.4, -0.2) is 27.9 Å². The van der Waals surface area contributed by atoms with Crippen molar-refractivity contribution < 1.29 is 22.4 Å². The van der Waals surface area contributed by atoms with Crippen molar-refractivity contribution >= 4 is 5.82 Å². The summed E-state index contributed by atoms with van der Waals surface area (Å²) in [6, 6.07) is 10.7. The topological polar surface area (TPSA) is 73.1 Å². The number of pyridine rings is 1. The number of anilines is 1. The minimum Gasteiger partial charge on any atom is -0.367 e. The molecule has 0 fully saturated rings. The number of nitrogens with one attached hydrogen (secondary N) is 1. The molecule has 0 bridgehead atoms. The minimum atomic E-state index is -4.33. The maximum atomic E-state index is 12.2. The first-order valence-corrected chi connectivity index (χ1v) is 8.12. The number of nitrogens with zero attached hydrogens (tertiary/aromatic N) is 3. The van der Waals surface area contributed by atoms with Crippen molar-refractivity contribution in [2.75, 3.05) is 11.9 Å². The molecule has 0 saturated carbocycles. The molecule has 0 atom stereocenters. The van der Waals surface area contributed by atoms with E-state index in [9.17, 15) is 13.2 Å². The molecule has 0 spiro atoms. The molecule has 0 unspecified atom stereocenters. The number of rotatable bonds is 7. The third kappa shape index (κ3) is 5.52. The molecule has 3 rings (SSSR count). The number of aromatic nitrogens is 3. The van der Waals surface area contributed by atoms with Crippen LogP contribution in [0.4, 0.5) is 19.0 Å². The van der Waals surface area contributed by atoms with Crippen LogP contribution < -0.4 is 5.32 Å². The van der Waals surface area contributed by atoms with Crippen molar-refractivity contribution in [1.29, 1.82) is 0 Å². The number of hydrogen-bond donors (Lipinski definition) is 1. The molecule has 2 heterocycles. The fraction of sp³-hybridized carbons (Fsp3) is 0.278. The van der Waals surface area contributed by atoms with Gasteiger partial charge < -0.3 is 14.6 Å². The third-order valence-electron chi connectivity index (χ3n) is 3.55. The highest BCUT2D eigenvalue weighted by Crippen LogP contribution is 2.24. The average molecular weight is 378 g/mol. The van der Waals surface area contributed by atoms with Gasteiger partial charge in [0.15, 0.2) is 5.82 Å². The Morgan fingerprint density at radius 3 is 2.70 bits per heavy atom. The molecule has 6 nitrogen and oxygen atoms in total. The maximum Gasteiger partial charge on any atom is 0.411 e. The van der Waals surface area contributed by atoms with E-state index in [0.717, 1.165) is 5.56 Å². The van der Waals surface area contributed by atoms with Crippen LogP contribution in [-0.2, 0) is 17.9 Å².